The minimum atomic E-state index is -1.85. The summed E-state index contributed by atoms with van der Waals surface area (Å²) in [6, 6.07) is 0. The molecule has 0 aliphatic rings. The Morgan fingerprint density at radius 2 is 2.00 bits per heavy atom. The number of amides is 1. The molecule has 0 aromatic rings. The highest BCUT2D eigenvalue weighted by molar-refractivity contribution is 7.98. The molecule has 0 saturated carbocycles. The SMILES string of the molecule is [B]C(CCC(=O)C=N)(NC(=O)[C@H](CCSC)OC)C(=O)OC(C)C. The van der Waals surface area contributed by atoms with Crippen LogP contribution in [0.2, 0.25) is 0 Å². The van der Waals surface area contributed by atoms with Crippen molar-refractivity contribution in [3.05, 3.63) is 0 Å². The van der Waals surface area contributed by atoms with Crippen molar-refractivity contribution >= 4 is 43.5 Å². The van der Waals surface area contributed by atoms with Gasteiger partial charge >= 0.3 is 5.97 Å². The summed E-state index contributed by atoms with van der Waals surface area (Å²) in [5, 5.41) is 9.35. The van der Waals surface area contributed by atoms with Crippen molar-refractivity contribution in [2.45, 2.75) is 50.8 Å². The van der Waals surface area contributed by atoms with Crippen molar-refractivity contribution < 1.29 is 23.9 Å². The lowest BCUT2D eigenvalue weighted by atomic mass is 9.73. The van der Waals surface area contributed by atoms with E-state index < -0.39 is 35.3 Å². The third-order valence-electron chi connectivity index (χ3n) is 3.14. The van der Waals surface area contributed by atoms with Gasteiger partial charge in [-0.2, -0.15) is 11.8 Å². The molecule has 1 unspecified atom stereocenters. The summed E-state index contributed by atoms with van der Waals surface area (Å²) in [7, 11) is 7.42. The van der Waals surface area contributed by atoms with E-state index in [1.54, 1.807) is 25.6 Å². The van der Waals surface area contributed by atoms with Crippen LogP contribution in [0.15, 0.2) is 0 Å². The van der Waals surface area contributed by atoms with E-state index in [2.05, 4.69) is 5.32 Å². The maximum atomic E-state index is 12.3. The van der Waals surface area contributed by atoms with Crippen LogP contribution in [0.4, 0.5) is 0 Å². The van der Waals surface area contributed by atoms with Crippen LogP contribution in [-0.2, 0) is 23.9 Å². The zero-order chi connectivity index (χ0) is 18.8. The monoisotopic (exact) mass is 356 g/mol. The van der Waals surface area contributed by atoms with Crippen molar-refractivity contribution in [3.8, 4) is 0 Å². The largest absolute Gasteiger partial charge is 0.462 e. The van der Waals surface area contributed by atoms with Gasteiger partial charge in [0.25, 0.3) is 0 Å². The molecule has 24 heavy (non-hydrogen) atoms. The number of carbonyl (C=O) groups excluding carboxylic acids is 3. The van der Waals surface area contributed by atoms with Crippen molar-refractivity contribution in [3.63, 3.8) is 0 Å². The van der Waals surface area contributed by atoms with Gasteiger partial charge in [-0.3, -0.25) is 14.4 Å². The first-order valence-corrected chi connectivity index (χ1v) is 8.96. The summed E-state index contributed by atoms with van der Waals surface area (Å²) in [5.41, 5.74) is -1.85. The van der Waals surface area contributed by atoms with Crippen molar-refractivity contribution in [1.29, 1.82) is 5.41 Å². The topological polar surface area (TPSA) is 106 Å². The van der Waals surface area contributed by atoms with Crippen LogP contribution < -0.4 is 5.32 Å². The Balaban J connectivity index is 5.15. The van der Waals surface area contributed by atoms with E-state index in [-0.39, 0.29) is 12.8 Å². The average Bonchev–Trinajstić information content (AvgIpc) is 2.52. The van der Waals surface area contributed by atoms with Crippen molar-refractivity contribution in [1.82, 2.24) is 5.32 Å². The van der Waals surface area contributed by atoms with Crippen LogP contribution in [0.3, 0.4) is 0 Å². The predicted molar refractivity (Wildman–Crippen MR) is 94.7 cm³/mol. The maximum Gasteiger partial charge on any atom is 0.322 e. The van der Waals surface area contributed by atoms with E-state index in [1.807, 2.05) is 6.26 Å². The Morgan fingerprint density at radius 1 is 1.38 bits per heavy atom. The minimum absolute atomic E-state index is 0.157. The highest BCUT2D eigenvalue weighted by Gasteiger charge is 2.38. The molecule has 0 aromatic heterocycles. The van der Waals surface area contributed by atoms with E-state index in [1.165, 1.54) is 7.11 Å². The summed E-state index contributed by atoms with van der Waals surface area (Å²) < 4.78 is 10.2. The average molecular weight is 356 g/mol. The Hall–Kier alpha value is -1.35. The third-order valence-corrected chi connectivity index (χ3v) is 3.79. The number of carbonyl (C=O) groups is 3. The molecule has 2 radical (unpaired) electrons. The van der Waals surface area contributed by atoms with Gasteiger partial charge in [-0.05, 0) is 38.7 Å². The second-order valence-electron chi connectivity index (χ2n) is 5.53. The second kappa shape index (κ2) is 11.3. The van der Waals surface area contributed by atoms with Crippen LogP contribution in [0.1, 0.15) is 33.1 Å². The summed E-state index contributed by atoms with van der Waals surface area (Å²) >= 11 is 1.56. The van der Waals surface area contributed by atoms with E-state index in [4.69, 9.17) is 22.7 Å². The van der Waals surface area contributed by atoms with Gasteiger partial charge in [0.15, 0.2) is 5.78 Å². The third kappa shape index (κ3) is 7.96. The lowest BCUT2D eigenvalue weighted by molar-refractivity contribution is -0.155. The normalized spacial score (nSPS) is 14.5. The second-order valence-corrected chi connectivity index (χ2v) is 6.52. The molecule has 7 nitrogen and oxygen atoms in total. The Kier molecular flexibility index (Phi) is 10.6. The number of ether oxygens (including phenoxy) is 2. The molecule has 0 fully saturated rings. The number of nitrogens with one attached hydrogen (secondary N) is 2. The molecule has 0 aromatic carbocycles. The van der Waals surface area contributed by atoms with Gasteiger partial charge in [-0.25, -0.2) is 0 Å². The highest BCUT2D eigenvalue weighted by Crippen LogP contribution is 2.15. The summed E-state index contributed by atoms with van der Waals surface area (Å²) in [6.07, 6.45) is 1.50. The summed E-state index contributed by atoms with van der Waals surface area (Å²) in [4.78, 5) is 35.9. The zero-order valence-corrected chi connectivity index (χ0v) is 15.4. The lowest BCUT2D eigenvalue weighted by Crippen LogP contribution is -2.59. The van der Waals surface area contributed by atoms with Gasteiger partial charge in [0, 0.05) is 13.5 Å². The predicted octanol–water partition coefficient (Wildman–Crippen LogP) is 0.686. The molecule has 0 spiro atoms. The standard InChI is InChI=1S/C15H25BN2O5S/c1-10(2)23-14(21)15(16,7-5-11(19)9-17)18-13(20)12(22-3)6-8-24-4/h9-10,12,17H,5-8H2,1-4H3,(H,18,20)/t12-,15?/m0/s1. The zero-order valence-electron chi connectivity index (χ0n) is 14.6. The molecule has 0 saturated heterocycles. The number of rotatable bonds is 12. The van der Waals surface area contributed by atoms with Gasteiger partial charge in [-0.15, -0.1) is 0 Å². The summed E-state index contributed by atoms with van der Waals surface area (Å²) in [6.45, 7) is 3.30. The molecule has 9 heteroatoms. The molecular formula is C15H25BN2O5S. The first kappa shape index (κ1) is 22.7. The fourth-order valence-electron chi connectivity index (χ4n) is 1.81. The van der Waals surface area contributed by atoms with Crippen LogP contribution >= 0.6 is 11.8 Å². The number of thioether (sulfide) groups is 1. The Labute approximate surface area is 148 Å². The molecule has 2 atom stereocenters. The molecule has 0 rings (SSSR count). The van der Waals surface area contributed by atoms with Gasteiger partial charge < -0.3 is 20.2 Å². The molecule has 0 bridgehead atoms. The van der Waals surface area contributed by atoms with E-state index >= 15 is 0 Å². The first-order chi connectivity index (χ1) is 11.2. The van der Waals surface area contributed by atoms with Crippen molar-refractivity contribution in [2.24, 2.45) is 0 Å². The molecule has 0 aliphatic heterocycles. The first-order valence-electron chi connectivity index (χ1n) is 7.57. The maximum absolute atomic E-state index is 12.3. The quantitative estimate of drug-likeness (QED) is 0.303. The van der Waals surface area contributed by atoms with Gasteiger partial charge in [0.1, 0.15) is 14.0 Å². The smallest absolute Gasteiger partial charge is 0.322 e. The molecule has 2 N–H and O–H groups in total. The molecular weight excluding hydrogens is 331 g/mol. The van der Waals surface area contributed by atoms with Crippen LogP contribution in [0.5, 0.6) is 0 Å². The molecule has 0 heterocycles. The van der Waals surface area contributed by atoms with E-state index in [9.17, 15) is 14.4 Å². The van der Waals surface area contributed by atoms with Crippen LogP contribution in [0, 0.1) is 5.41 Å². The van der Waals surface area contributed by atoms with Gasteiger partial charge in [0.2, 0.25) is 5.91 Å². The van der Waals surface area contributed by atoms with Crippen molar-refractivity contribution in [2.75, 3.05) is 19.1 Å². The molecule has 0 aliphatic carbocycles. The fraction of sp³-hybridized carbons (Fsp3) is 0.733. The van der Waals surface area contributed by atoms with Gasteiger partial charge in [0.05, 0.1) is 17.8 Å². The molecule has 134 valence electrons. The van der Waals surface area contributed by atoms with Gasteiger partial charge in [-0.1, -0.05) is 0 Å². The number of hydrogen-bond donors (Lipinski definition) is 2. The van der Waals surface area contributed by atoms with E-state index in [0.717, 1.165) is 0 Å². The fourth-order valence-corrected chi connectivity index (χ4v) is 2.26. The van der Waals surface area contributed by atoms with Crippen LogP contribution in [-0.4, -0.2) is 68.5 Å². The Bertz CT molecular complexity index is 461. The number of Topliss-reactive ketones (excluding diaryl/α,β-unsaturated/α-hetero) is 1. The minimum Gasteiger partial charge on any atom is -0.462 e. The lowest BCUT2D eigenvalue weighted by Gasteiger charge is -2.31. The number of methoxy groups -OCH3 is 1. The number of esters is 1. The van der Waals surface area contributed by atoms with E-state index in [0.29, 0.717) is 18.4 Å². The van der Waals surface area contributed by atoms with Crippen LogP contribution in [0.25, 0.3) is 0 Å². The Morgan fingerprint density at radius 3 is 2.46 bits per heavy atom. The summed E-state index contributed by atoms with van der Waals surface area (Å²) in [5.74, 6) is -1.17. The molecule has 1 amide bonds. The number of ketones is 1. The number of hydrogen-bond acceptors (Lipinski definition) is 7. The highest BCUT2D eigenvalue weighted by atomic mass is 32.2.